The third-order valence-corrected chi connectivity index (χ3v) is 3.44. The molecule has 1 aromatic heterocycles. The first-order chi connectivity index (χ1) is 8.40. The maximum absolute atomic E-state index is 11.6. The molecule has 0 saturated heterocycles. The number of carbonyl (C=O) groups is 2. The molecular formula is C12H18N2O3S. The zero-order chi connectivity index (χ0) is 13.7. The van der Waals surface area contributed by atoms with Crippen LogP contribution in [0.5, 0.6) is 0 Å². The van der Waals surface area contributed by atoms with Crippen molar-refractivity contribution in [3.63, 3.8) is 0 Å². The van der Waals surface area contributed by atoms with Gasteiger partial charge in [-0.25, -0.2) is 9.59 Å². The lowest BCUT2D eigenvalue weighted by Crippen LogP contribution is -2.48. The van der Waals surface area contributed by atoms with Gasteiger partial charge in [0.2, 0.25) is 0 Å². The van der Waals surface area contributed by atoms with Crippen LogP contribution in [0.25, 0.3) is 0 Å². The van der Waals surface area contributed by atoms with E-state index >= 15 is 0 Å². The van der Waals surface area contributed by atoms with Gasteiger partial charge >= 0.3 is 12.0 Å². The van der Waals surface area contributed by atoms with E-state index in [2.05, 4.69) is 10.6 Å². The van der Waals surface area contributed by atoms with Crippen LogP contribution in [-0.2, 0) is 11.3 Å². The highest BCUT2D eigenvalue weighted by Crippen LogP contribution is 2.14. The molecule has 1 atom stereocenters. The maximum atomic E-state index is 11.6. The molecule has 0 fully saturated rings. The summed E-state index contributed by atoms with van der Waals surface area (Å²) in [4.78, 5) is 24.7. The molecule has 3 N–H and O–H groups in total. The maximum Gasteiger partial charge on any atom is 0.326 e. The zero-order valence-corrected chi connectivity index (χ0v) is 11.5. The largest absolute Gasteiger partial charge is 0.480 e. The second kappa shape index (κ2) is 6.39. The van der Waals surface area contributed by atoms with E-state index in [1.54, 1.807) is 25.2 Å². The van der Waals surface area contributed by atoms with Crippen LogP contribution >= 0.6 is 11.3 Å². The molecule has 1 rings (SSSR count). The summed E-state index contributed by atoms with van der Waals surface area (Å²) in [5.74, 6) is -1.18. The van der Waals surface area contributed by atoms with Crippen molar-refractivity contribution in [2.75, 3.05) is 0 Å². The van der Waals surface area contributed by atoms with Crippen molar-refractivity contribution in [1.82, 2.24) is 10.6 Å². The van der Waals surface area contributed by atoms with Crippen molar-refractivity contribution in [3.05, 3.63) is 21.9 Å². The number of urea groups is 1. The van der Waals surface area contributed by atoms with Crippen LogP contribution in [0.1, 0.15) is 23.6 Å². The van der Waals surface area contributed by atoms with Gasteiger partial charge in [-0.05, 0) is 25.0 Å². The number of thiophene rings is 1. The first-order valence-corrected chi connectivity index (χ1v) is 6.54. The molecule has 0 aliphatic carbocycles. The van der Waals surface area contributed by atoms with Gasteiger partial charge in [0.25, 0.3) is 0 Å². The lowest BCUT2D eigenvalue weighted by molar-refractivity contribution is -0.140. The average Bonchev–Trinajstić information content (AvgIpc) is 2.68. The Morgan fingerprint density at radius 3 is 2.50 bits per heavy atom. The molecule has 6 heteroatoms. The van der Waals surface area contributed by atoms with Crippen LogP contribution in [0.2, 0.25) is 0 Å². The summed E-state index contributed by atoms with van der Waals surface area (Å²) < 4.78 is 0. The quantitative estimate of drug-likeness (QED) is 0.765. The fraction of sp³-hybridized carbons (Fsp3) is 0.500. The topological polar surface area (TPSA) is 78.4 Å². The van der Waals surface area contributed by atoms with Crippen molar-refractivity contribution in [2.45, 2.75) is 33.4 Å². The van der Waals surface area contributed by atoms with E-state index < -0.39 is 18.0 Å². The van der Waals surface area contributed by atoms with Crippen molar-refractivity contribution in [1.29, 1.82) is 0 Å². The van der Waals surface area contributed by atoms with Crippen molar-refractivity contribution in [3.8, 4) is 0 Å². The second-order valence-corrected chi connectivity index (χ2v) is 5.77. The summed E-state index contributed by atoms with van der Waals surface area (Å²) in [7, 11) is 0. The first-order valence-electron chi connectivity index (χ1n) is 5.72. The van der Waals surface area contributed by atoms with Gasteiger partial charge in [0.1, 0.15) is 6.04 Å². The normalized spacial score (nSPS) is 12.2. The fourth-order valence-corrected chi connectivity index (χ4v) is 2.28. The standard InChI is InChI=1S/C12H18N2O3S/c1-7(2)10(11(15)16)14-12(17)13-6-9-5-4-8(3)18-9/h4-5,7,10H,6H2,1-3H3,(H,15,16)(H2,13,14,17)/t10-/m1/s1. The van der Waals surface area contributed by atoms with E-state index in [1.165, 1.54) is 4.88 Å². The fourth-order valence-electron chi connectivity index (χ4n) is 1.45. The Morgan fingerprint density at radius 1 is 1.39 bits per heavy atom. The Labute approximate surface area is 110 Å². The van der Waals surface area contributed by atoms with Gasteiger partial charge in [-0.3, -0.25) is 0 Å². The van der Waals surface area contributed by atoms with E-state index in [4.69, 9.17) is 5.11 Å². The Kier molecular flexibility index (Phi) is 5.15. The molecule has 2 amide bonds. The Bertz CT molecular complexity index is 429. The molecule has 0 radical (unpaired) electrons. The molecule has 1 aromatic rings. The van der Waals surface area contributed by atoms with Gasteiger partial charge in [0.05, 0.1) is 6.54 Å². The smallest absolute Gasteiger partial charge is 0.326 e. The van der Waals surface area contributed by atoms with E-state index in [1.807, 2.05) is 19.1 Å². The number of nitrogens with one attached hydrogen (secondary N) is 2. The summed E-state index contributed by atoms with van der Waals surface area (Å²) in [6.07, 6.45) is 0. The lowest BCUT2D eigenvalue weighted by Gasteiger charge is -2.18. The SMILES string of the molecule is Cc1ccc(CNC(=O)N[C@@H](C(=O)O)C(C)C)s1. The number of aliphatic carboxylic acids is 1. The molecular weight excluding hydrogens is 252 g/mol. The summed E-state index contributed by atoms with van der Waals surface area (Å²) in [6, 6.07) is 2.60. The Balaban J connectivity index is 2.43. The number of carbonyl (C=O) groups excluding carboxylic acids is 1. The number of aryl methyl sites for hydroxylation is 1. The summed E-state index contributed by atoms with van der Waals surface area (Å²) in [5.41, 5.74) is 0. The molecule has 0 aromatic carbocycles. The first kappa shape index (κ1) is 14.5. The molecule has 1 heterocycles. The number of rotatable bonds is 5. The van der Waals surface area contributed by atoms with Gasteiger partial charge in [-0.15, -0.1) is 11.3 Å². The van der Waals surface area contributed by atoms with Crippen LogP contribution in [0.15, 0.2) is 12.1 Å². The average molecular weight is 270 g/mol. The van der Waals surface area contributed by atoms with Gasteiger partial charge in [0.15, 0.2) is 0 Å². The van der Waals surface area contributed by atoms with Gasteiger partial charge in [-0.1, -0.05) is 13.8 Å². The Hall–Kier alpha value is -1.56. The predicted molar refractivity (Wildman–Crippen MR) is 70.7 cm³/mol. The molecule has 0 saturated carbocycles. The number of carboxylic acid groups (broad SMARTS) is 1. The van der Waals surface area contributed by atoms with E-state index in [9.17, 15) is 9.59 Å². The zero-order valence-electron chi connectivity index (χ0n) is 10.7. The molecule has 0 spiro atoms. The van der Waals surface area contributed by atoms with Gasteiger partial charge in [0, 0.05) is 9.75 Å². The highest BCUT2D eigenvalue weighted by molar-refractivity contribution is 7.11. The van der Waals surface area contributed by atoms with Crippen LogP contribution in [0, 0.1) is 12.8 Å². The predicted octanol–water partition coefficient (Wildman–Crippen LogP) is 1.96. The van der Waals surface area contributed by atoms with E-state index in [0.29, 0.717) is 6.54 Å². The minimum absolute atomic E-state index is 0.155. The number of hydrogen-bond acceptors (Lipinski definition) is 3. The van der Waals surface area contributed by atoms with Crippen molar-refractivity contribution in [2.24, 2.45) is 5.92 Å². The van der Waals surface area contributed by atoms with Crippen LogP contribution < -0.4 is 10.6 Å². The van der Waals surface area contributed by atoms with Crippen LogP contribution in [-0.4, -0.2) is 23.1 Å². The molecule has 100 valence electrons. The monoisotopic (exact) mass is 270 g/mol. The minimum atomic E-state index is -1.02. The summed E-state index contributed by atoms with van der Waals surface area (Å²) >= 11 is 1.60. The highest BCUT2D eigenvalue weighted by Gasteiger charge is 2.23. The number of hydrogen-bond donors (Lipinski definition) is 3. The van der Waals surface area contributed by atoms with Crippen molar-refractivity contribution >= 4 is 23.3 Å². The molecule has 0 bridgehead atoms. The lowest BCUT2D eigenvalue weighted by atomic mass is 10.1. The molecule has 0 aliphatic rings. The number of carboxylic acids is 1. The van der Waals surface area contributed by atoms with Crippen LogP contribution in [0.3, 0.4) is 0 Å². The van der Waals surface area contributed by atoms with E-state index in [-0.39, 0.29) is 5.92 Å². The molecule has 18 heavy (non-hydrogen) atoms. The second-order valence-electron chi connectivity index (χ2n) is 4.40. The van der Waals surface area contributed by atoms with E-state index in [0.717, 1.165) is 4.88 Å². The molecule has 0 aliphatic heterocycles. The van der Waals surface area contributed by atoms with Gasteiger partial charge < -0.3 is 15.7 Å². The third-order valence-electron chi connectivity index (χ3n) is 2.44. The molecule has 5 nitrogen and oxygen atoms in total. The minimum Gasteiger partial charge on any atom is -0.480 e. The number of amides is 2. The third kappa shape index (κ3) is 4.37. The summed E-state index contributed by atoms with van der Waals surface area (Å²) in [6.45, 7) is 5.91. The van der Waals surface area contributed by atoms with Gasteiger partial charge in [-0.2, -0.15) is 0 Å². The Morgan fingerprint density at radius 2 is 2.06 bits per heavy atom. The summed E-state index contributed by atoms with van der Waals surface area (Å²) in [5, 5.41) is 14.0. The molecule has 0 unspecified atom stereocenters. The highest BCUT2D eigenvalue weighted by atomic mass is 32.1. The van der Waals surface area contributed by atoms with Crippen LogP contribution in [0.4, 0.5) is 4.79 Å². The van der Waals surface area contributed by atoms with Crippen molar-refractivity contribution < 1.29 is 14.7 Å².